The van der Waals surface area contributed by atoms with Gasteiger partial charge in [-0.15, -0.1) is 0 Å². The number of rotatable bonds is 5. The highest BCUT2D eigenvalue weighted by Crippen LogP contribution is 2.40. The quantitative estimate of drug-likeness (QED) is 0.812. The number of benzene rings is 1. The molecule has 2 fully saturated rings. The van der Waals surface area contributed by atoms with E-state index < -0.39 is 0 Å². The van der Waals surface area contributed by atoms with Crippen LogP contribution in [0.5, 0.6) is 0 Å². The van der Waals surface area contributed by atoms with Crippen molar-refractivity contribution in [3.8, 4) is 0 Å². The van der Waals surface area contributed by atoms with Crippen LogP contribution in [0.2, 0.25) is 0 Å². The van der Waals surface area contributed by atoms with Gasteiger partial charge in [0.15, 0.2) is 0 Å². The van der Waals surface area contributed by atoms with Gasteiger partial charge in [0.25, 0.3) is 0 Å². The Morgan fingerprint density at radius 1 is 1.19 bits per heavy atom. The third-order valence-corrected chi connectivity index (χ3v) is 5.47. The fraction of sp³-hybridized carbons (Fsp3) is 0.524. The van der Waals surface area contributed by atoms with Crippen LogP contribution in [0.15, 0.2) is 36.4 Å². The minimum atomic E-state index is 0.0621. The molecule has 1 aromatic carbocycles. The topological polar surface area (TPSA) is 43.9 Å². The van der Waals surface area contributed by atoms with Gasteiger partial charge < -0.3 is 14.7 Å². The molecule has 2 aliphatic heterocycles. The van der Waals surface area contributed by atoms with E-state index in [1.54, 1.807) is 0 Å². The zero-order valence-corrected chi connectivity index (χ0v) is 15.9. The summed E-state index contributed by atoms with van der Waals surface area (Å²) in [5, 5.41) is 0. The van der Waals surface area contributed by atoms with Gasteiger partial charge in [0.2, 0.25) is 11.8 Å². The summed E-state index contributed by atoms with van der Waals surface area (Å²) >= 11 is 0. The highest BCUT2D eigenvalue weighted by Gasteiger charge is 2.44. The predicted octanol–water partition coefficient (Wildman–Crippen LogP) is 2.10. The van der Waals surface area contributed by atoms with E-state index in [1.807, 2.05) is 47.0 Å². The van der Waals surface area contributed by atoms with Crippen molar-refractivity contribution in [2.45, 2.75) is 19.3 Å². The standard InChI is InChI=1S/C21H29N3O2/c1-22(2)16-20(26)23-13-10-21(11-14-23)15-19(25)24(17-21)12-6-9-18-7-4-3-5-8-18/h3-9H,10-17H2,1-2H3/b9-6+. The summed E-state index contributed by atoms with van der Waals surface area (Å²) in [7, 11) is 3.83. The summed E-state index contributed by atoms with van der Waals surface area (Å²) in [6.45, 7) is 3.49. The third kappa shape index (κ3) is 4.52. The van der Waals surface area contributed by atoms with Crippen LogP contribution in [0, 0.1) is 5.41 Å². The smallest absolute Gasteiger partial charge is 0.236 e. The molecule has 0 saturated carbocycles. The van der Waals surface area contributed by atoms with Crippen molar-refractivity contribution in [1.82, 2.24) is 14.7 Å². The lowest BCUT2D eigenvalue weighted by Gasteiger charge is -2.39. The van der Waals surface area contributed by atoms with Crippen LogP contribution >= 0.6 is 0 Å². The number of nitrogens with zero attached hydrogens (tertiary/aromatic N) is 3. The molecule has 0 unspecified atom stereocenters. The van der Waals surface area contributed by atoms with E-state index in [0.29, 0.717) is 19.5 Å². The molecule has 0 bridgehead atoms. The summed E-state index contributed by atoms with van der Waals surface area (Å²) < 4.78 is 0. The van der Waals surface area contributed by atoms with Crippen LogP contribution in [0.4, 0.5) is 0 Å². The van der Waals surface area contributed by atoms with E-state index in [2.05, 4.69) is 24.3 Å². The molecule has 5 heteroatoms. The molecule has 140 valence electrons. The normalized spacial score (nSPS) is 19.9. The van der Waals surface area contributed by atoms with E-state index in [-0.39, 0.29) is 17.2 Å². The molecule has 2 aliphatic rings. The van der Waals surface area contributed by atoms with Gasteiger partial charge >= 0.3 is 0 Å². The summed E-state index contributed by atoms with van der Waals surface area (Å²) in [6, 6.07) is 10.2. The Kier molecular flexibility index (Phi) is 5.77. The van der Waals surface area contributed by atoms with Crippen LogP contribution in [0.3, 0.4) is 0 Å². The van der Waals surface area contributed by atoms with Gasteiger partial charge in [-0.05, 0) is 32.5 Å². The lowest BCUT2D eigenvalue weighted by atomic mass is 9.77. The molecule has 5 nitrogen and oxygen atoms in total. The molecule has 3 rings (SSSR count). The third-order valence-electron chi connectivity index (χ3n) is 5.47. The Hall–Kier alpha value is -2.14. The Morgan fingerprint density at radius 2 is 1.88 bits per heavy atom. The largest absolute Gasteiger partial charge is 0.342 e. The molecule has 1 spiro atoms. The van der Waals surface area contributed by atoms with Gasteiger partial charge in [-0.2, -0.15) is 0 Å². The maximum atomic E-state index is 12.5. The second-order valence-electron chi connectivity index (χ2n) is 7.88. The summed E-state index contributed by atoms with van der Waals surface area (Å²) in [4.78, 5) is 30.5. The van der Waals surface area contributed by atoms with Crippen molar-refractivity contribution >= 4 is 17.9 Å². The van der Waals surface area contributed by atoms with E-state index in [1.165, 1.54) is 0 Å². The first kappa shape index (κ1) is 18.6. The second kappa shape index (κ2) is 8.04. The molecule has 2 amide bonds. The Morgan fingerprint density at radius 3 is 2.54 bits per heavy atom. The maximum absolute atomic E-state index is 12.5. The van der Waals surface area contributed by atoms with Gasteiger partial charge in [0.1, 0.15) is 0 Å². The van der Waals surface area contributed by atoms with E-state index >= 15 is 0 Å². The Bertz CT molecular complexity index is 661. The highest BCUT2D eigenvalue weighted by molar-refractivity contribution is 5.80. The van der Waals surface area contributed by atoms with Crippen molar-refractivity contribution < 1.29 is 9.59 Å². The van der Waals surface area contributed by atoms with Gasteiger partial charge in [0, 0.05) is 38.0 Å². The number of hydrogen-bond donors (Lipinski definition) is 0. The SMILES string of the molecule is CN(C)CC(=O)N1CCC2(CC1)CC(=O)N(C/C=C/c1ccccc1)C2. The fourth-order valence-corrected chi connectivity index (χ4v) is 3.96. The van der Waals surface area contributed by atoms with Crippen molar-refractivity contribution in [3.63, 3.8) is 0 Å². The number of piperidine rings is 1. The number of likely N-dealkylation sites (N-methyl/N-ethyl adjacent to an activating group) is 1. The zero-order chi connectivity index (χ0) is 18.6. The summed E-state index contributed by atoms with van der Waals surface area (Å²) in [5.74, 6) is 0.438. The van der Waals surface area contributed by atoms with Crippen molar-refractivity contribution in [2.75, 3.05) is 46.8 Å². The monoisotopic (exact) mass is 355 g/mol. The number of hydrogen-bond acceptors (Lipinski definition) is 3. The zero-order valence-electron chi connectivity index (χ0n) is 15.9. The molecular weight excluding hydrogens is 326 g/mol. The van der Waals surface area contributed by atoms with Crippen molar-refractivity contribution in [2.24, 2.45) is 5.41 Å². The first-order valence-corrected chi connectivity index (χ1v) is 9.39. The number of carbonyl (C=O) groups excluding carboxylic acids is 2. The molecule has 2 heterocycles. The Balaban J connectivity index is 1.51. The number of carbonyl (C=O) groups is 2. The average Bonchev–Trinajstić information content (AvgIpc) is 2.91. The molecule has 0 aromatic heterocycles. The molecule has 0 radical (unpaired) electrons. The van der Waals surface area contributed by atoms with Gasteiger partial charge in [-0.25, -0.2) is 0 Å². The average molecular weight is 355 g/mol. The van der Waals surface area contributed by atoms with Crippen LogP contribution in [-0.2, 0) is 9.59 Å². The maximum Gasteiger partial charge on any atom is 0.236 e. The van der Waals surface area contributed by atoms with Crippen LogP contribution in [-0.4, -0.2) is 73.3 Å². The predicted molar refractivity (Wildman–Crippen MR) is 103 cm³/mol. The molecular formula is C21H29N3O2. The van der Waals surface area contributed by atoms with Crippen LogP contribution in [0.25, 0.3) is 6.08 Å². The summed E-state index contributed by atoms with van der Waals surface area (Å²) in [5.41, 5.74) is 1.22. The van der Waals surface area contributed by atoms with Crippen molar-refractivity contribution in [3.05, 3.63) is 42.0 Å². The highest BCUT2D eigenvalue weighted by atomic mass is 16.2. The van der Waals surface area contributed by atoms with E-state index in [9.17, 15) is 9.59 Å². The Labute approximate surface area is 156 Å². The first-order valence-electron chi connectivity index (χ1n) is 9.39. The second-order valence-corrected chi connectivity index (χ2v) is 7.88. The van der Waals surface area contributed by atoms with Crippen molar-refractivity contribution in [1.29, 1.82) is 0 Å². The lowest BCUT2D eigenvalue weighted by Crippen LogP contribution is -2.46. The summed E-state index contributed by atoms with van der Waals surface area (Å²) in [6.07, 6.45) is 6.62. The number of likely N-dealkylation sites (tertiary alicyclic amines) is 2. The molecule has 0 N–H and O–H groups in total. The van der Waals surface area contributed by atoms with E-state index in [0.717, 1.165) is 38.0 Å². The van der Waals surface area contributed by atoms with E-state index in [4.69, 9.17) is 0 Å². The minimum absolute atomic E-state index is 0.0621. The van der Waals surface area contributed by atoms with Gasteiger partial charge in [0.05, 0.1) is 6.54 Å². The number of amides is 2. The van der Waals surface area contributed by atoms with Gasteiger partial charge in [-0.3, -0.25) is 9.59 Å². The van der Waals surface area contributed by atoms with Crippen LogP contribution in [0.1, 0.15) is 24.8 Å². The first-order chi connectivity index (χ1) is 12.5. The molecule has 1 aromatic rings. The molecule has 2 saturated heterocycles. The fourth-order valence-electron chi connectivity index (χ4n) is 3.96. The lowest BCUT2D eigenvalue weighted by molar-refractivity contribution is -0.134. The molecule has 0 atom stereocenters. The molecule has 26 heavy (non-hydrogen) atoms. The van der Waals surface area contributed by atoms with Crippen LogP contribution < -0.4 is 0 Å². The van der Waals surface area contributed by atoms with Gasteiger partial charge in [-0.1, -0.05) is 42.5 Å². The molecule has 0 aliphatic carbocycles. The minimum Gasteiger partial charge on any atom is -0.342 e.